The average molecular weight is 1210 g/mol. The first kappa shape index (κ1) is 78.5. The van der Waals surface area contributed by atoms with Gasteiger partial charge in [-0.15, -0.1) is 0 Å². The number of unbranched alkanes of at least 4 members (excludes halogenated alkanes) is 2. The van der Waals surface area contributed by atoms with Gasteiger partial charge in [0.05, 0.1) is 6.04 Å². The Hall–Kier alpha value is -6.48. The highest BCUT2D eigenvalue weighted by Gasteiger charge is 2.37. The van der Waals surface area contributed by atoms with Crippen LogP contribution in [0.1, 0.15) is 186 Å². The molecule has 0 heterocycles. The molecule has 0 fully saturated rings. The number of rotatable bonds is 45. The summed E-state index contributed by atoms with van der Waals surface area (Å²) in [6.07, 6.45) is 0.822. The Morgan fingerprint density at radius 1 is 0.294 bits per heavy atom. The average Bonchev–Trinajstić information content (AvgIpc) is 3.43. The zero-order valence-electron chi connectivity index (χ0n) is 52.4. The SMILES string of the molecule is CC(C)C[C@H](NC(=O)[C@H](CCC(=O)O)NC(=O)[C@H](CC(C)C)NC(=O)[C@H](CC(C)C)NC(=O)[C@H](CC(C)C)NC(=O)[C@H](CCCCN)NC(=O)[C@H](CC(C)C)NC(=O)[C@H](CC(C)C)NC(=O)[C@H](CCC(=O)O)NC(=O)[C@@H](N)CCCCN)C(=O)O. The summed E-state index contributed by atoms with van der Waals surface area (Å²) in [5.74, 6) is -12.2. The van der Waals surface area contributed by atoms with Crippen molar-refractivity contribution < 1.29 is 72.9 Å². The number of carbonyl (C=O) groups excluding carboxylic acids is 9. The lowest BCUT2D eigenvalue weighted by atomic mass is 9.98. The van der Waals surface area contributed by atoms with Crippen molar-refractivity contribution in [2.24, 2.45) is 52.7 Å². The zero-order chi connectivity index (χ0) is 65.3. The van der Waals surface area contributed by atoms with E-state index in [0.717, 1.165) is 0 Å². The maximum absolute atomic E-state index is 14.4. The number of amides is 9. The second-order valence-electron chi connectivity index (χ2n) is 24.7. The van der Waals surface area contributed by atoms with Gasteiger partial charge in [-0.1, -0.05) is 89.5 Å². The summed E-state index contributed by atoms with van der Waals surface area (Å²) in [5, 5.41) is 52.4. The van der Waals surface area contributed by atoms with Crippen LogP contribution in [-0.2, 0) is 57.5 Å². The van der Waals surface area contributed by atoms with Crippen LogP contribution in [-0.4, -0.2) is 160 Å². The molecule has 0 spiro atoms. The molecule has 27 nitrogen and oxygen atoms in total. The first-order chi connectivity index (χ1) is 39.6. The molecule has 85 heavy (non-hydrogen) atoms. The van der Waals surface area contributed by atoms with Crippen LogP contribution in [0.5, 0.6) is 0 Å². The van der Waals surface area contributed by atoms with Gasteiger partial charge in [0, 0.05) is 12.8 Å². The summed E-state index contributed by atoms with van der Waals surface area (Å²) in [6, 6.07) is -12.9. The smallest absolute Gasteiger partial charge is 0.326 e. The minimum Gasteiger partial charge on any atom is -0.481 e. The Labute approximate surface area is 502 Å². The number of carboxylic acids is 3. The van der Waals surface area contributed by atoms with E-state index < -0.39 is 151 Å². The van der Waals surface area contributed by atoms with Gasteiger partial charge in [0.1, 0.15) is 54.4 Å². The molecule has 488 valence electrons. The van der Waals surface area contributed by atoms with Gasteiger partial charge in [-0.05, 0) is 132 Å². The summed E-state index contributed by atoms with van der Waals surface area (Å²) < 4.78 is 0. The summed E-state index contributed by atoms with van der Waals surface area (Å²) in [7, 11) is 0. The number of hydrogen-bond donors (Lipinski definition) is 15. The van der Waals surface area contributed by atoms with Crippen LogP contribution in [0.15, 0.2) is 0 Å². The predicted octanol–water partition coefficient (Wildman–Crippen LogP) is 1.03. The topological polar surface area (TPSA) is 452 Å². The zero-order valence-corrected chi connectivity index (χ0v) is 52.4. The molecule has 0 saturated carbocycles. The van der Waals surface area contributed by atoms with Gasteiger partial charge < -0.3 is 80.4 Å². The lowest BCUT2D eigenvalue weighted by Gasteiger charge is -2.30. The minimum absolute atomic E-state index is 0.0304. The second-order valence-corrected chi connectivity index (χ2v) is 24.7. The van der Waals surface area contributed by atoms with Gasteiger partial charge in [-0.25, -0.2) is 4.79 Å². The highest BCUT2D eigenvalue weighted by atomic mass is 16.4. The first-order valence-electron chi connectivity index (χ1n) is 30.2. The molecule has 27 heteroatoms. The number of aliphatic carboxylic acids is 3. The summed E-state index contributed by atoms with van der Waals surface area (Å²) in [4.78, 5) is 161. The molecule has 18 N–H and O–H groups in total. The second kappa shape index (κ2) is 41.5. The van der Waals surface area contributed by atoms with E-state index in [1.165, 1.54) is 0 Å². The van der Waals surface area contributed by atoms with Crippen LogP contribution in [0.25, 0.3) is 0 Å². The standard InChI is InChI=1S/C58H106N12O15/c1-31(2)25-41(67-56(82)44(28-34(7)8)66-51(77)39(19-21-47(71)72)62-49(75)37(61)17-13-15-23-59)53(79)63-38(18-14-16-24-60)50(76)65-43(27-33(5)6)55(81)69-45(29-35(9)10)57(83)68-42(26-32(3)4)54(80)64-40(20-22-48(73)74)52(78)70-46(58(84)85)30-36(11)12/h31-46H,13-30,59-61H2,1-12H3,(H,62,75)(H,63,79)(H,64,80)(H,65,76)(H,66,77)(H,67,82)(H,68,83)(H,69,81)(H,70,78)(H,71,72)(H,73,74)(H,84,85)/t37-,38-,39-,40-,41-,42-,43-,44-,45-,46-/m0/s1. The van der Waals surface area contributed by atoms with E-state index in [2.05, 4.69) is 47.9 Å². The van der Waals surface area contributed by atoms with Crippen LogP contribution >= 0.6 is 0 Å². The Bertz CT molecular complexity index is 2160. The van der Waals surface area contributed by atoms with Crippen molar-refractivity contribution in [2.75, 3.05) is 13.1 Å². The monoisotopic (exact) mass is 1210 g/mol. The summed E-state index contributed by atoms with van der Waals surface area (Å²) in [5.41, 5.74) is 17.4. The van der Waals surface area contributed by atoms with Crippen molar-refractivity contribution >= 4 is 71.1 Å². The van der Waals surface area contributed by atoms with Crippen molar-refractivity contribution in [2.45, 2.75) is 246 Å². The van der Waals surface area contributed by atoms with Crippen LogP contribution in [0, 0.1) is 35.5 Å². The van der Waals surface area contributed by atoms with Crippen molar-refractivity contribution in [1.82, 2.24) is 47.9 Å². The number of hydrogen-bond acceptors (Lipinski definition) is 15. The van der Waals surface area contributed by atoms with Crippen LogP contribution < -0.4 is 65.1 Å². The maximum atomic E-state index is 14.4. The van der Waals surface area contributed by atoms with Crippen molar-refractivity contribution in [1.29, 1.82) is 0 Å². The van der Waals surface area contributed by atoms with E-state index in [0.29, 0.717) is 32.2 Å². The molecule has 0 radical (unpaired) electrons. The van der Waals surface area contributed by atoms with Gasteiger partial charge in [-0.2, -0.15) is 0 Å². The number of nitrogens with two attached hydrogens (primary N) is 3. The molecule has 0 aromatic carbocycles. The van der Waals surface area contributed by atoms with Crippen LogP contribution in [0.3, 0.4) is 0 Å². The Morgan fingerprint density at radius 2 is 0.506 bits per heavy atom. The van der Waals surface area contributed by atoms with E-state index in [-0.39, 0.29) is 99.8 Å². The first-order valence-corrected chi connectivity index (χ1v) is 30.2. The van der Waals surface area contributed by atoms with Gasteiger partial charge in [0.15, 0.2) is 0 Å². The largest absolute Gasteiger partial charge is 0.481 e. The molecule has 0 aromatic rings. The molecule has 9 amide bonds. The Morgan fingerprint density at radius 3 is 0.753 bits per heavy atom. The van der Waals surface area contributed by atoms with Gasteiger partial charge in [-0.3, -0.25) is 52.7 Å². The van der Waals surface area contributed by atoms with Gasteiger partial charge in [0.25, 0.3) is 0 Å². The lowest BCUT2D eigenvalue weighted by Crippen LogP contribution is -2.61. The van der Waals surface area contributed by atoms with E-state index >= 15 is 0 Å². The summed E-state index contributed by atoms with van der Waals surface area (Å²) >= 11 is 0. The number of nitrogens with one attached hydrogen (secondary N) is 9. The fraction of sp³-hybridized carbons (Fsp3) is 0.793. The predicted molar refractivity (Wildman–Crippen MR) is 319 cm³/mol. The fourth-order valence-electron chi connectivity index (χ4n) is 9.14. The quantitative estimate of drug-likeness (QED) is 0.0379. The van der Waals surface area contributed by atoms with E-state index in [9.17, 15) is 72.9 Å². The molecule has 0 aromatic heterocycles. The number of carboxylic acid groups (broad SMARTS) is 3. The molecule has 10 atom stereocenters. The molecular weight excluding hydrogens is 1100 g/mol. The van der Waals surface area contributed by atoms with Gasteiger partial charge >= 0.3 is 17.9 Å². The van der Waals surface area contributed by atoms with Crippen LogP contribution in [0.2, 0.25) is 0 Å². The van der Waals surface area contributed by atoms with Crippen molar-refractivity contribution in [3.63, 3.8) is 0 Å². The van der Waals surface area contributed by atoms with E-state index in [1.807, 2.05) is 0 Å². The minimum atomic E-state index is -1.50. The summed E-state index contributed by atoms with van der Waals surface area (Å²) in [6.45, 7) is 22.1. The van der Waals surface area contributed by atoms with Crippen LogP contribution in [0.4, 0.5) is 0 Å². The van der Waals surface area contributed by atoms with Crippen molar-refractivity contribution in [3.8, 4) is 0 Å². The lowest BCUT2D eigenvalue weighted by molar-refractivity contribution is -0.143. The molecule has 0 rings (SSSR count). The normalized spacial score (nSPS) is 15.1. The molecule has 0 bridgehead atoms. The molecule has 0 aliphatic heterocycles. The highest BCUT2D eigenvalue weighted by Crippen LogP contribution is 2.16. The molecule has 0 unspecified atom stereocenters. The van der Waals surface area contributed by atoms with Gasteiger partial charge in [0.2, 0.25) is 53.2 Å². The van der Waals surface area contributed by atoms with E-state index in [4.69, 9.17) is 17.2 Å². The third kappa shape index (κ3) is 34.3. The Kier molecular flexibility index (Phi) is 38.4. The maximum Gasteiger partial charge on any atom is 0.326 e. The molecular formula is C58H106N12O15. The highest BCUT2D eigenvalue weighted by molar-refractivity contribution is 5.98. The fourth-order valence-corrected chi connectivity index (χ4v) is 9.14. The molecule has 0 saturated heterocycles. The molecule has 0 aliphatic rings. The van der Waals surface area contributed by atoms with Crippen molar-refractivity contribution in [3.05, 3.63) is 0 Å². The van der Waals surface area contributed by atoms with E-state index in [1.54, 1.807) is 83.1 Å². The third-order valence-electron chi connectivity index (χ3n) is 13.5. The number of carbonyl (C=O) groups is 12. The Balaban J connectivity index is 6.91. The third-order valence-corrected chi connectivity index (χ3v) is 13.5. The molecule has 0 aliphatic carbocycles.